The van der Waals surface area contributed by atoms with Crippen molar-refractivity contribution in [1.82, 2.24) is 24.8 Å². The van der Waals surface area contributed by atoms with Gasteiger partial charge in [0.2, 0.25) is 5.95 Å². The SMILES string of the molecule is CCCN1CCC[C@H](n2c(=O)c(-c3ccccc3Cl)c(C)c3cnc(Nc4ccc(N5CCNCC5)c(C)c4)nc32)C1. The van der Waals surface area contributed by atoms with E-state index in [1.807, 2.05) is 42.0 Å². The van der Waals surface area contributed by atoms with Crippen molar-refractivity contribution >= 4 is 40.0 Å². The maximum absolute atomic E-state index is 14.4. The monoisotopic (exact) mass is 585 g/mol. The van der Waals surface area contributed by atoms with E-state index in [1.165, 1.54) is 11.3 Å². The van der Waals surface area contributed by atoms with Crippen LogP contribution in [0.1, 0.15) is 43.4 Å². The number of piperidine rings is 1. The van der Waals surface area contributed by atoms with E-state index >= 15 is 0 Å². The van der Waals surface area contributed by atoms with E-state index in [-0.39, 0.29) is 11.6 Å². The summed E-state index contributed by atoms with van der Waals surface area (Å²) in [5, 5.41) is 8.28. The van der Waals surface area contributed by atoms with Gasteiger partial charge in [-0.1, -0.05) is 36.7 Å². The van der Waals surface area contributed by atoms with E-state index in [0.717, 1.165) is 87.3 Å². The van der Waals surface area contributed by atoms with Crippen LogP contribution in [-0.2, 0) is 0 Å². The number of benzene rings is 2. The van der Waals surface area contributed by atoms with Gasteiger partial charge in [-0.25, -0.2) is 4.98 Å². The molecule has 0 unspecified atom stereocenters. The fourth-order valence-electron chi connectivity index (χ4n) is 6.60. The number of aromatic nitrogens is 3. The average molecular weight is 586 g/mol. The molecule has 0 radical (unpaired) electrons. The van der Waals surface area contributed by atoms with E-state index < -0.39 is 0 Å². The van der Waals surface area contributed by atoms with Gasteiger partial charge < -0.3 is 20.4 Å². The molecule has 2 aromatic heterocycles. The highest BCUT2D eigenvalue weighted by atomic mass is 35.5. The highest BCUT2D eigenvalue weighted by Gasteiger charge is 2.27. The number of fused-ring (bicyclic) bond motifs is 1. The molecule has 4 heterocycles. The summed E-state index contributed by atoms with van der Waals surface area (Å²) in [6, 6.07) is 14.0. The Morgan fingerprint density at radius 1 is 1.10 bits per heavy atom. The summed E-state index contributed by atoms with van der Waals surface area (Å²) < 4.78 is 1.93. The summed E-state index contributed by atoms with van der Waals surface area (Å²) >= 11 is 6.64. The van der Waals surface area contributed by atoms with E-state index in [0.29, 0.717) is 22.2 Å². The first-order chi connectivity index (χ1) is 20.4. The lowest BCUT2D eigenvalue weighted by Gasteiger charge is -2.34. The van der Waals surface area contributed by atoms with Crippen molar-refractivity contribution in [3.05, 3.63) is 75.2 Å². The summed E-state index contributed by atoms with van der Waals surface area (Å²) in [6.45, 7) is 13.3. The highest BCUT2D eigenvalue weighted by Crippen LogP contribution is 2.34. The number of likely N-dealkylation sites (tertiary alicyclic amines) is 1. The average Bonchev–Trinajstić information content (AvgIpc) is 2.99. The number of halogens is 1. The van der Waals surface area contributed by atoms with E-state index in [9.17, 15) is 4.79 Å². The topological polar surface area (TPSA) is 78.3 Å². The van der Waals surface area contributed by atoms with Crippen molar-refractivity contribution in [3.8, 4) is 11.1 Å². The number of anilines is 3. The molecule has 42 heavy (non-hydrogen) atoms. The molecule has 9 heteroatoms. The molecule has 4 aromatic rings. The number of nitrogens with zero attached hydrogens (tertiary/aromatic N) is 5. The van der Waals surface area contributed by atoms with Crippen LogP contribution >= 0.6 is 11.6 Å². The standard InChI is InChI=1S/C33H40ClN7O/c1-4-15-39-16-7-8-25(21-39)41-31-27(23(3)30(32(41)42)26-9-5-6-10-28(26)34)20-36-33(38-31)37-24-11-12-29(22(2)19-24)40-17-13-35-14-18-40/h5-6,9-12,19-20,25,35H,4,7-8,13-18,21H2,1-3H3,(H,36,37,38)/t25-/m0/s1. The lowest BCUT2D eigenvalue weighted by molar-refractivity contribution is 0.178. The van der Waals surface area contributed by atoms with Gasteiger partial charge in [0.25, 0.3) is 5.56 Å². The van der Waals surface area contributed by atoms with Crippen LogP contribution in [0.2, 0.25) is 5.02 Å². The van der Waals surface area contributed by atoms with Gasteiger partial charge in [-0.3, -0.25) is 9.36 Å². The molecule has 0 spiro atoms. The highest BCUT2D eigenvalue weighted by molar-refractivity contribution is 6.33. The molecular formula is C33H40ClN7O. The zero-order chi connectivity index (χ0) is 29.2. The first-order valence-electron chi connectivity index (χ1n) is 15.2. The van der Waals surface area contributed by atoms with Crippen LogP contribution in [-0.4, -0.2) is 65.2 Å². The van der Waals surface area contributed by atoms with Crippen LogP contribution in [0.5, 0.6) is 0 Å². The van der Waals surface area contributed by atoms with Gasteiger partial charge in [0, 0.05) is 66.3 Å². The number of hydrogen-bond acceptors (Lipinski definition) is 7. The number of pyridine rings is 1. The number of nitrogens with one attached hydrogen (secondary N) is 2. The predicted molar refractivity (Wildman–Crippen MR) is 174 cm³/mol. The largest absolute Gasteiger partial charge is 0.369 e. The predicted octanol–water partition coefficient (Wildman–Crippen LogP) is 5.93. The molecular weight excluding hydrogens is 546 g/mol. The third kappa shape index (κ3) is 5.63. The van der Waals surface area contributed by atoms with Crippen LogP contribution in [0.4, 0.5) is 17.3 Å². The lowest BCUT2D eigenvalue weighted by Crippen LogP contribution is -2.43. The first-order valence-corrected chi connectivity index (χ1v) is 15.5. The summed E-state index contributed by atoms with van der Waals surface area (Å²) in [4.78, 5) is 29.0. The zero-order valence-corrected chi connectivity index (χ0v) is 25.5. The van der Waals surface area contributed by atoms with Crippen LogP contribution in [0.15, 0.2) is 53.5 Å². The fourth-order valence-corrected chi connectivity index (χ4v) is 6.83. The summed E-state index contributed by atoms with van der Waals surface area (Å²) in [7, 11) is 0. The van der Waals surface area contributed by atoms with Gasteiger partial charge >= 0.3 is 0 Å². The summed E-state index contributed by atoms with van der Waals surface area (Å²) in [5.41, 5.74) is 6.25. The molecule has 2 aliphatic rings. The van der Waals surface area contributed by atoms with Crippen molar-refractivity contribution in [1.29, 1.82) is 0 Å². The zero-order valence-electron chi connectivity index (χ0n) is 24.8. The third-order valence-electron chi connectivity index (χ3n) is 8.65. The molecule has 0 saturated carbocycles. The Morgan fingerprint density at radius 2 is 1.90 bits per heavy atom. The van der Waals surface area contributed by atoms with Crippen molar-refractivity contribution in [2.45, 2.75) is 46.1 Å². The van der Waals surface area contributed by atoms with Crippen LogP contribution in [0.25, 0.3) is 22.2 Å². The van der Waals surface area contributed by atoms with Gasteiger partial charge in [0.05, 0.1) is 11.6 Å². The smallest absolute Gasteiger partial charge is 0.260 e. The molecule has 2 fully saturated rings. The minimum Gasteiger partial charge on any atom is -0.369 e. The Balaban J connectivity index is 1.43. The van der Waals surface area contributed by atoms with Crippen LogP contribution in [0.3, 0.4) is 0 Å². The maximum Gasteiger partial charge on any atom is 0.260 e. The van der Waals surface area contributed by atoms with Gasteiger partial charge in [0.1, 0.15) is 5.65 Å². The molecule has 0 bridgehead atoms. The first kappa shape index (κ1) is 28.6. The third-order valence-corrected chi connectivity index (χ3v) is 8.98. The second-order valence-corrected chi connectivity index (χ2v) is 12.0. The number of piperazine rings is 1. The number of aryl methyl sites for hydroxylation is 2. The van der Waals surface area contributed by atoms with Crippen molar-refractivity contribution in [2.24, 2.45) is 0 Å². The Kier molecular flexibility index (Phi) is 8.47. The molecule has 6 rings (SSSR count). The molecule has 2 saturated heterocycles. The van der Waals surface area contributed by atoms with Crippen molar-refractivity contribution in [3.63, 3.8) is 0 Å². The second kappa shape index (κ2) is 12.4. The Hall–Kier alpha value is -3.46. The summed E-state index contributed by atoms with van der Waals surface area (Å²) in [5.74, 6) is 0.482. The van der Waals surface area contributed by atoms with Gasteiger partial charge in [0.15, 0.2) is 0 Å². The molecule has 2 aromatic carbocycles. The lowest BCUT2D eigenvalue weighted by atomic mass is 9.98. The molecule has 8 nitrogen and oxygen atoms in total. The van der Waals surface area contributed by atoms with E-state index in [4.69, 9.17) is 21.6 Å². The van der Waals surface area contributed by atoms with Crippen LogP contribution in [0, 0.1) is 13.8 Å². The quantitative estimate of drug-likeness (QED) is 0.278. The Morgan fingerprint density at radius 3 is 2.67 bits per heavy atom. The normalized spacial score (nSPS) is 18.0. The minimum atomic E-state index is -0.0442. The Bertz CT molecular complexity index is 1640. The molecule has 220 valence electrons. The molecule has 0 amide bonds. The molecule has 2 N–H and O–H groups in total. The van der Waals surface area contributed by atoms with E-state index in [1.54, 1.807) is 0 Å². The second-order valence-electron chi connectivity index (χ2n) is 11.5. The molecule has 1 atom stereocenters. The summed E-state index contributed by atoms with van der Waals surface area (Å²) in [6.07, 6.45) is 4.91. The van der Waals surface area contributed by atoms with E-state index in [2.05, 4.69) is 52.5 Å². The van der Waals surface area contributed by atoms with Crippen LogP contribution < -0.4 is 21.1 Å². The van der Waals surface area contributed by atoms with Crippen molar-refractivity contribution in [2.75, 3.05) is 56.0 Å². The van der Waals surface area contributed by atoms with Gasteiger partial charge in [-0.2, -0.15) is 4.98 Å². The Labute approximate surface area is 252 Å². The van der Waals surface area contributed by atoms with Gasteiger partial charge in [-0.15, -0.1) is 0 Å². The van der Waals surface area contributed by atoms with Crippen molar-refractivity contribution < 1.29 is 0 Å². The number of rotatable bonds is 7. The van der Waals surface area contributed by atoms with Gasteiger partial charge in [-0.05, 0) is 81.6 Å². The number of hydrogen-bond donors (Lipinski definition) is 2. The fraction of sp³-hybridized carbons (Fsp3) is 0.424. The minimum absolute atomic E-state index is 0.0189. The maximum atomic E-state index is 14.4. The molecule has 2 aliphatic heterocycles. The molecule has 0 aliphatic carbocycles.